The van der Waals surface area contributed by atoms with Gasteiger partial charge >= 0.3 is 0 Å². The predicted octanol–water partition coefficient (Wildman–Crippen LogP) is 3.33. The van der Waals surface area contributed by atoms with Crippen molar-refractivity contribution in [3.8, 4) is 0 Å². The zero-order valence-electron chi connectivity index (χ0n) is 11.2. The lowest BCUT2D eigenvalue weighted by Gasteiger charge is -2.40. The molecular weight excluding hydrogens is 229 g/mol. The van der Waals surface area contributed by atoms with Crippen molar-refractivity contribution < 1.29 is 9.50 Å². The third kappa shape index (κ3) is 2.51. The number of halogens is 1. The molecule has 1 aliphatic heterocycles. The van der Waals surface area contributed by atoms with Gasteiger partial charge in [-0.1, -0.05) is 26.3 Å². The van der Waals surface area contributed by atoms with Crippen LogP contribution in [0.25, 0.3) is 0 Å². The SMILES string of the molecule is CCC1(C)CCN(c2cccc(F)c2CO)CC1. The van der Waals surface area contributed by atoms with Gasteiger partial charge in [-0.3, -0.25) is 0 Å². The quantitative estimate of drug-likeness (QED) is 0.890. The largest absolute Gasteiger partial charge is 0.391 e. The molecule has 1 heterocycles. The lowest BCUT2D eigenvalue weighted by atomic mass is 9.78. The number of nitrogens with zero attached hydrogens (tertiary/aromatic N) is 1. The summed E-state index contributed by atoms with van der Waals surface area (Å²) in [6.45, 7) is 6.21. The van der Waals surface area contributed by atoms with Gasteiger partial charge in [-0.2, -0.15) is 0 Å². The van der Waals surface area contributed by atoms with E-state index in [0.717, 1.165) is 31.6 Å². The van der Waals surface area contributed by atoms with Crippen LogP contribution in [0.5, 0.6) is 0 Å². The number of piperidine rings is 1. The van der Waals surface area contributed by atoms with Crippen LogP contribution in [0.3, 0.4) is 0 Å². The molecule has 0 unspecified atom stereocenters. The maximum Gasteiger partial charge on any atom is 0.130 e. The average Bonchev–Trinajstić information content (AvgIpc) is 2.39. The minimum atomic E-state index is -0.307. The molecule has 0 radical (unpaired) electrons. The zero-order chi connectivity index (χ0) is 13.2. The first-order valence-electron chi connectivity index (χ1n) is 6.73. The summed E-state index contributed by atoms with van der Waals surface area (Å²) >= 11 is 0. The molecule has 1 fully saturated rings. The molecular formula is C15H22FNO. The van der Waals surface area contributed by atoms with Gasteiger partial charge in [0, 0.05) is 24.3 Å². The summed E-state index contributed by atoms with van der Waals surface area (Å²) in [5, 5.41) is 9.31. The molecule has 100 valence electrons. The number of aliphatic hydroxyl groups excluding tert-OH is 1. The summed E-state index contributed by atoms with van der Waals surface area (Å²) in [6.07, 6.45) is 3.45. The Morgan fingerprint density at radius 2 is 2.00 bits per heavy atom. The highest BCUT2D eigenvalue weighted by Crippen LogP contribution is 2.36. The maximum atomic E-state index is 13.6. The summed E-state index contributed by atoms with van der Waals surface area (Å²) in [5.41, 5.74) is 1.71. The second-order valence-electron chi connectivity index (χ2n) is 5.55. The van der Waals surface area contributed by atoms with Crippen LogP contribution in [0, 0.1) is 11.2 Å². The van der Waals surface area contributed by atoms with Crippen LogP contribution in [0.4, 0.5) is 10.1 Å². The van der Waals surface area contributed by atoms with Crippen molar-refractivity contribution in [3.63, 3.8) is 0 Å². The van der Waals surface area contributed by atoms with E-state index in [1.807, 2.05) is 6.07 Å². The minimum absolute atomic E-state index is 0.233. The highest BCUT2D eigenvalue weighted by atomic mass is 19.1. The third-order valence-electron chi connectivity index (χ3n) is 4.42. The van der Waals surface area contributed by atoms with Gasteiger partial charge in [-0.25, -0.2) is 4.39 Å². The Morgan fingerprint density at radius 3 is 2.56 bits per heavy atom. The van der Waals surface area contributed by atoms with Gasteiger partial charge in [0.05, 0.1) is 6.61 Å². The highest BCUT2D eigenvalue weighted by Gasteiger charge is 2.29. The van der Waals surface area contributed by atoms with Crippen molar-refractivity contribution in [2.75, 3.05) is 18.0 Å². The van der Waals surface area contributed by atoms with Crippen LogP contribution in [-0.2, 0) is 6.61 Å². The lowest BCUT2D eigenvalue weighted by molar-refractivity contribution is 0.237. The molecule has 0 amide bonds. The van der Waals surface area contributed by atoms with Crippen LogP contribution < -0.4 is 4.90 Å². The fourth-order valence-electron chi connectivity index (χ4n) is 2.64. The van der Waals surface area contributed by atoms with E-state index in [4.69, 9.17) is 0 Å². The molecule has 0 aliphatic carbocycles. The number of hydrogen-bond donors (Lipinski definition) is 1. The highest BCUT2D eigenvalue weighted by molar-refractivity contribution is 5.54. The molecule has 18 heavy (non-hydrogen) atoms. The molecule has 0 saturated carbocycles. The maximum absolute atomic E-state index is 13.6. The molecule has 1 N–H and O–H groups in total. The topological polar surface area (TPSA) is 23.5 Å². The van der Waals surface area contributed by atoms with E-state index in [2.05, 4.69) is 18.7 Å². The Labute approximate surface area is 108 Å². The Kier molecular flexibility index (Phi) is 3.91. The van der Waals surface area contributed by atoms with Gasteiger partial charge < -0.3 is 10.0 Å². The Balaban J connectivity index is 2.17. The van der Waals surface area contributed by atoms with Crippen LogP contribution in [0.1, 0.15) is 38.7 Å². The molecule has 1 aliphatic rings. The number of hydrogen-bond acceptors (Lipinski definition) is 2. The van der Waals surface area contributed by atoms with Gasteiger partial charge in [-0.15, -0.1) is 0 Å². The van der Waals surface area contributed by atoms with Gasteiger partial charge in [0.15, 0.2) is 0 Å². The zero-order valence-corrected chi connectivity index (χ0v) is 11.2. The van der Waals surface area contributed by atoms with Crippen LogP contribution in [0.2, 0.25) is 0 Å². The monoisotopic (exact) mass is 251 g/mol. The molecule has 1 aromatic rings. The van der Waals surface area contributed by atoms with Gasteiger partial charge in [0.2, 0.25) is 0 Å². The lowest BCUT2D eigenvalue weighted by Crippen LogP contribution is -2.39. The molecule has 2 nitrogen and oxygen atoms in total. The minimum Gasteiger partial charge on any atom is -0.391 e. The number of rotatable bonds is 3. The van der Waals surface area contributed by atoms with Crippen LogP contribution in [-0.4, -0.2) is 18.2 Å². The van der Waals surface area contributed by atoms with E-state index in [1.165, 1.54) is 12.5 Å². The number of benzene rings is 1. The predicted molar refractivity (Wildman–Crippen MR) is 72.2 cm³/mol. The molecule has 0 bridgehead atoms. The molecule has 0 aromatic heterocycles. The van der Waals surface area contributed by atoms with E-state index < -0.39 is 0 Å². The van der Waals surface area contributed by atoms with Crippen LogP contribution in [0.15, 0.2) is 18.2 Å². The normalized spacial score (nSPS) is 19.0. The first-order chi connectivity index (χ1) is 8.59. The summed E-state index contributed by atoms with van der Waals surface area (Å²) in [5.74, 6) is -0.307. The van der Waals surface area contributed by atoms with Crippen molar-refractivity contribution in [2.45, 2.75) is 39.7 Å². The standard InChI is InChI=1S/C15H22FNO/c1-3-15(2)7-9-17(10-8-15)14-6-4-5-13(16)12(14)11-18/h4-6,18H,3,7-11H2,1-2H3. The Bertz CT molecular complexity index is 411. The first kappa shape index (κ1) is 13.3. The number of anilines is 1. The van der Waals surface area contributed by atoms with Crippen molar-refractivity contribution >= 4 is 5.69 Å². The molecule has 0 spiro atoms. The second-order valence-corrected chi connectivity index (χ2v) is 5.55. The fraction of sp³-hybridized carbons (Fsp3) is 0.600. The van der Waals surface area contributed by atoms with E-state index in [1.54, 1.807) is 6.07 Å². The van der Waals surface area contributed by atoms with E-state index in [9.17, 15) is 9.50 Å². The summed E-state index contributed by atoms with van der Waals surface area (Å²) in [6, 6.07) is 5.04. The van der Waals surface area contributed by atoms with Gasteiger partial charge in [0.25, 0.3) is 0 Å². The van der Waals surface area contributed by atoms with E-state index >= 15 is 0 Å². The van der Waals surface area contributed by atoms with E-state index in [0.29, 0.717) is 11.0 Å². The summed E-state index contributed by atoms with van der Waals surface area (Å²) in [4.78, 5) is 2.20. The fourth-order valence-corrected chi connectivity index (χ4v) is 2.64. The second kappa shape index (κ2) is 5.27. The average molecular weight is 251 g/mol. The Hall–Kier alpha value is -1.09. The summed E-state index contributed by atoms with van der Waals surface area (Å²) < 4.78 is 13.6. The van der Waals surface area contributed by atoms with Crippen molar-refractivity contribution in [1.29, 1.82) is 0 Å². The molecule has 3 heteroatoms. The Morgan fingerprint density at radius 1 is 1.33 bits per heavy atom. The molecule has 2 rings (SSSR count). The first-order valence-corrected chi connectivity index (χ1v) is 6.73. The van der Waals surface area contributed by atoms with Crippen molar-refractivity contribution in [1.82, 2.24) is 0 Å². The van der Waals surface area contributed by atoms with Crippen molar-refractivity contribution in [2.24, 2.45) is 5.41 Å². The van der Waals surface area contributed by atoms with Gasteiger partial charge in [0.1, 0.15) is 5.82 Å². The molecule has 1 aromatic carbocycles. The van der Waals surface area contributed by atoms with E-state index in [-0.39, 0.29) is 12.4 Å². The third-order valence-corrected chi connectivity index (χ3v) is 4.42. The molecule has 1 saturated heterocycles. The smallest absolute Gasteiger partial charge is 0.130 e. The van der Waals surface area contributed by atoms with Crippen LogP contribution >= 0.6 is 0 Å². The summed E-state index contributed by atoms with van der Waals surface area (Å²) in [7, 11) is 0. The number of aliphatic hydroxyl groups is 1. The van der Waals surface area contributed by atoms with Gasteiger partial charge in [-0.05, 0) is 30.4 Å². The van der Waals surface area contributed by atoms with Crippen molar-refractivity contribution in [3.05, 3.63) is 29.6 Å². The molecule has 0 atom stereocenters.